The van der Waals surface area contributed by atoms with E-state index in [9.17, 15) is 0 Å². The Labute approximate surface area is 151 Å². The molecule has 3 aliphatic rings. The van der Waals surface area contributed by atoms with E-state index in [1.165, 1.54) is 51.1 Å². The maximum atomic E-state index is 6.17. The molecule has 0 bridgehead atoms. The highest BCUT2D eigenvalue weighted by molar-refractivity contribution is 4.98. The lowest BCUT2D eigenvalue weighted by molar-refractivity contribution is -0.0728. The molecule has 0 spiro atoms. The largest absolute Gasteiger partial charge is 0.375 e. The molecule has 4 heterocycles. The maximum Gasteiger partial charge on any atom is 0.0945 e. The molecule has 25 heavy (non-hydrogen) atoms. The van der Waals surface area contributed by atoms with Crippen molar-refractivity contribution in [2.45, 2.75) is 44.4 Å². The second-order valence-corrected chi connectivity index (χ2v) is 7.91. The minimum atomic E-state index is 0.420. The molecule has 4 rings (SSSR count). The summed E-state index contributed by atoms with van der Waals surface area (Å²) in [7, 11) is 2.09. The van der Waals surface area contributed by atoms with Crippen molar-refractivity contribution in [3.63, 3.8) is 0 Å². The summed E-state index contributed by atoms with van der Waals surface area (Å²) in [4.78, 5) is 12.2. The second kappa shape index (κ2) is 8.16. The van der Waals surface area contributed by atoms with Gasteiger partial charge in [0.05, 0.1) is 24.7 Å². The Bertz CT molecular complexity index is 542. The zero-order valence-electron chi connectivity index (χ0n) is 15.6. The third-order valence-electron chi connectivity index (χ3n) is 6.28. The zero-order valence-corrected chi connectivity index (χ0v) is 15.6. The van der Waals surface area contributed by atoms with Crippen molar-refractivity contribution in [2.75, 3.05) is 52.4 Å². The van der Waals surface area contributed by atoms with Gasteiger partial charge in [-0.3, -0.25) is 9.80 Å². The molecule has 3 fully saturated rings. The Hall–Kier alpha value is -0.950. The molecule has 3 aliphatic heterocycles. The van der Waals surface area contributed by atoms with Gasteiger partial charge in [-0.05, 0) is 38.8 Å². The van der Waals surface area contributed by atoms with E-state index in [0.29, 0.717) is 12.1 Å². The molecule has 0 saturated carbocycles. The Morgan fingerprint density at radius 1 is 1.04 bits per heavy atom. The van der Waals surface area contributed by atoms with Crippen LogP contribution in [-0.2, 0) is 18.3 Å². The fourth-order valence-electron chi connectivity index (χ4n) is 4.69. The minimum absolute atomic E-state index is 0.420. The van der Waals surface area contributed by atoms with Crippen LogP contribution in [0.5, 0.6) is 0 Å². The Morgan fingerprint density at radius 2 is 1.88 bits per heavy atom. The van der Waals surface area contributed by atoms with Gasteiger partial charge < -0.3 is 14.2 Å². The summed E-state index contributed by atoms with van der Waals surface area (Å²) in [5.74, 6) is 0. The van der Waals surface area contributed by atoms with Crippen LogP contribution in [0.1, 0.15) is 31.4 Å². The van der Waals surface area contributed by atoms with Gasteiger partial charge >= 0.3 is 0 Å². The van der Waals surface area contributed by atoms with Crippen LogP contribution >= 0.6 is 0 Å². The molecule has 6 nitrogen and oxygen atoms in total. The summed E-state index contributed by atoms with van der Waals surface area (Å²) in [5, 5.41) is 0. The molecule has 140 valence electrons. The van der Waals surface area contributed by atoms with E-state index >= 15 is 0 Å². The fraction of sp³-hybridized carbons (Fsp3) is 0.842. The first kappa shape index (κ1) is 17.5. The first-order valence-corrected chi connectivity index (χ1v) is 10.0. The van der Waals surface area contributed by atoms with Crippen LogP contribution in [0.15, 0.2) is 12.5 Å². The number of rotatable bonds is 5. The van der Waals surface area contributed by atoms with Crippen LogP contribution < -0.4 is 0 Å². The van der Waals surface area contributed by atoms with E-state index in [1.54, 1.807) is 0 Å². The van der Waals surface area contributed by atoms with Crippen molar-refractivity contribution in [1.29, 1.82) is 0 Å². The summed E-state index contributed by atoms with van der Waals surface area (Å²) < 4.78 is 8.31. The number of likely N-dealkylation sites (tertiary alicyclic amines) is 2. The van der Waals surface area contributed by atoms with Crippen LogP contribution in [0.25, 0.3) is 0 Å². The van der Waals surface area contributed by atoms with Gasteiger partial charge in [0.25, 0.3) is 0 Å². The highest BCUT2D eigenvalue weighted by Gasteiger charge is 2.34. The number of ether oxygens (including phenoxy) is 1. The Balaban J connectivity index is 1.32. The van der Waals surface area contributed by atoms with E-state index in [2.05, 4.69) is 31.3 Å². The molecule has 0 aliphatic carbocycles. The summed E-state index contributed by atoms with van der Waals surface area (Å²) in [6.07, 6.45) is 9.47. The van der Waals surface area contributed by atoms with Crippen molar-refractivity contribution in [1.82, 2.24) is 24.3 Å². The van der Waals surface area contributed by atoms with Gasteiger partial charge in [0.2, 0.25) is 0 Å². The SMILES string of the molecule is Cn1cncc1CN1CC[C@H]2OCCN(CCN3CCCC3)[C@H]2CC1. The predicted molar refractivity (Wildman–Crippen MR) is 98.5 cm³/mol. The Morgan fingerprint density at radius 3 is 2.68 bits per heavy atom. The van der Waals surface area contributed by atoms with E-state index in [0.717, 1.165) is 39.2 Å². The van der Waals surface area contributed by atoms with Crippen LogP contribution in [0.4, 0.5) is 0 Å². The quantitative estimate of drug-likeness (QED) is 0.800. The molecule has 1 aromatic heterocycles. The summed E-state index contributed by atoms with van der Waals surface area (Å²) >= 11 is 0. The zero-order chi connectivity index (χ0) is 17.1. The molecule has 0 radical (unpaired) electrons. The van der Waals surface area contributed by atoms with Gasteiger partial charge in [0, 0.05) is 58.6 Å². The van der Waals surface area contributed by atoms with Gasteiger partial charge in [-0.25, -0.2) is 4.98 Å². The third-order valence-corrected chi connectivity index (χ3v) is 6.28. The normalized spacial score (nSPS) is 29.6. The summed E-state index contributed by atoms with van der Waals surface area (Å²) in [5.41, 5.74) is 1.30. The maximum absolute atomic E-state index is 6.17. The molecular weight excluding hydrogens is 314 g/mol. The smallest absolute Gasteiger partial charge is 0.0945 e. The third kappa shape index (κ3) is 4.25. The number of morpholine rings is 1. The van der Waals surface area contributed by atoms with Crippen LogP contribution in [0.2, 0.25) is 0 Å². The fourth-order valence-corrected chi connectivity index (χ4v) is 4.69. The van der Waals surface area contributed by atoms with Crippen LogP contribution in [0, 0.1) is 0 Å². The number of fused-ring (bicyclic) bond motifs is 1. The molecular formula is C19H33N5O. The molecule has 1 aromatic rings. The van der Waals surface area contributed by atoms with E-state index < -0.39 is 0 Å². The van der Waals surface area contributed by atoms with Gasteiger partial charge in [0.1, 0.15) is 0 Å². The van der Waals surface area contributed by atoms with Gasteiger partial charge in [-0.2, -0.15) is 0 Å². The second-order valence-electron chi connectivity index (χ2n) is 7.91. The van der Waals surface area contributed by atoms with Crippen LogP contribution in [-0.4, -0.2) is 88.8 Å². The minimum Gasteiger partial charge on any atom is -0.375 e. The predicted octanol–water partition coefficient (Wildman–Crippen LogP) is 1.18. The lowest BCUT2D eigenvalue weighted by Crippen LogP contribution is -2.52. The number of hydrogen-bond acceptors (Lipinski definition) is 5. The number of aryl methyl sites for hydroxylation is 1. The van der Waals surface area contributed by atoms with Gasteiger partial charge in [-0.1, -0.05) is 0 Å². The van der Waals surface area contributed by atoms with Crippen LogP contribution in [0.3, 0.4) is 0 Å². The molecule has 2 atom stereocenters. The average Bonchev–Trinajstić information content (AvgIpc) is 3.23. The summed E-state index contributed by atoms with van der Waals surface area (Å²) in [6.45, 7) is 10.4. The van der Waals surface area contributed by atoms with E-state index in [-0.39, 0.29) is 0 Å². The standard InChI is InChI=1S/C19H33N5O/c1-21-16-20-14-17(21)15-23-8-4-18-19(5-9-23)25-13-12-24(18)11-10-22-6-2-3-7-22/h14,16,18-19H,2-13,15H2,1H3/t18-,19+/m0/s1. The van der Waals surface area contributed by atoms with E-state index in [4.69, 9.17) is 4.74 Å². The summed E-state index contributed by atoms with van der Waals surface area (Å²) in [6, 6.07) is 0.605. The lowest BCUT2D eigenvalue weighted by atomic mass is 10.0. The molecule has 0 unspecified atom stereocenters. The molecule has 0 aromatic carbocycles. The Kier molecular flexibility index (Phi) is 5.70. The van der Waals surface area contributed by atoms with Crippen molar-refractivity contribution < 1.29 is 4.74 Å². The highest BCUT2D eigenvalue weighted by atomic mass is 16.5. The molecule has 3 saturated heterocycles. The van der Waals surface area contributed by atoms with E-state index in [1.807, 2.05) is 12.5 Å². The first-order chi connectivity index (χ1) is 12.3. The van der Waals surface area contributed by atoms with Crippen molar-refractivity contribution in [2.24, 2.45) is 7.05 Å². The highest BCUT2D eigenvalue weighted by Crippen LogP contribution is 2.24. The molecule has 0 N–H and O–H groups in total. The number of imidazole rings is 1. The first-order valence-electron chi connectivity index (χ1n) is 10.0. The van der Waals surface area contributed by atoms with Crippen molar-refractivity contribution >= 4 is 0 Å². The topological polar surface area (TPSA) is 36.8 Å². The lowest BCUT2D eigenvalue weighted by Gasteiger charge is -2.41. The average molecular weight is 348 g/mol. The van der Waals surface area contributed by atoms with Crippen molar-refractivity contribution in [3.8, 4) is 0 Å². The molecule has 6 heteroatoms. The van der Waals surface area contributed by atoms with Gasteiger partial charge in [0.15, 0.2) is 0 Å². The number of hydrogen-bond donors (Lipinski definition) is 0. The number of aromatic nitrogens is 2. The molecule has 0 amide bonds. The van der Waals surface area contributed by atoms with Crippen molar-refractivity contribution in [3.05, 3.63) is 18.2 Å². The van der Waals surface area contributed by atoms with Gasteiger partial charge in [-0.15, -0.1) is 0 Å². The number of nitrogens with zero attached hydrogens (tertiary/aromatic N) is 5. The monoisotopic (exact) mass is 347 g/mol.